The fourth-order valence-corrected chi connectivity index (χ4v) is 4.02. The minimum absolute atomic E-state index is 0.148. The summed E-state index contributed by atoms with van der Waals surface area (Å²) in [7, 11) is 2.91. The molecule has 1 aromatic carbocycles. The van der Waals surface area contributed by atoms with Gasteiger partial charge in [0.15, 0.2) is 5.65 Å². The maximum absolute atomic E-state index is 12.9. The van der Waals surface area contributed by atoms with E-state index >= 15 is 0 Å². The summed E-state index contributed by atoms with van der Waals surface area (Å²) in [5.41, 5.74) is 1.21. The van der Waals surface area contributed by atoms with Gasteiger partial charge in [-0.15, -0.1) is 0 Å². The molecule has 0 unspecified atom stereocenters. The maximum Gasteiger partial charge on any atom is 0.332 e. The first-order valence-corrected chi connectivity index (χ1v) is 11.6. The zero-order valence-electron chi connectivity index (χ0n) is 20.3. The number of benzene rings is 1. The van der Waals surface area contributed by atoms with E-state index in [9.17, 15) is 19.2 Å². The Balaban J connectivity index is 1.87. The largest absolute Gasteiger partial charge is 0.332 e. The number of imide groups is 1. The molecule has 2 N–H and O–H groups in total. The van der Waals surface area contributed by atoms with Gasteiger partial charge in [0.1, 0.15) is 16.2 Å². The number of carbonyl (C=O) groups is 2. The summed E-state index contributed by atoms with van der Waals surface area (Å²) in [6, 6.07) is 4.84. The number of carbonyl (C=O) groups excluding carboxylic acids is 2. The van der Waals surface area contributed by atoms with E-state index < -0.39 is 28.6 Å². The van der Waals surface area contributed by atoms with Crippen molar-refractivity contribution in [3.63, 3.8) is 0 Å². The van der Waals surface area contributed by atoms with E-state index in [-0.39, 0.29) is 21.8 Å². The molecule has 10 nitrogen and oxygen atoms in total. The summed E-state index contributed by atoms with van der Waals surface area (Å²) >= 11 is 1.01. The van der Waals surface area contributed by atoms with E-state index in [1.54, 1.807) is 6.07 Å². The molecular formula is C23H28N6O4S. The number of amides is 3. The SMILES string of the molecule is Cc1cccc(NC(=O)NC(=O)CSc2nc(C(C)(C)C)nc3c2c(=O)n(C)c(=O)n3C)c1C. The zero-order chi connectivity index (χ0) is 25.4. The van der Waals surface area contributed by atoms with Crippen molar-refractivity contribution >= 4 is 40.4 Å². The average Bonchev–Trinajstić information content (AvgIpc) is 2.76. The van der Waals surface area contributed by atoms with Gasteiger partial charge < -0.3 is 5.32 Å². The van der Waals surface area contributed by atoms with E-state index in [0.29, 0.717) is 11.5 Å². The van der Waals surface area contributed by atoms with Crippen LogP contribution in [-0.2, 0) is 24.3 Å². The first-order chi connectivity index (χ1) is 15.8. The van der Waals surface area contributed by atoms with Crippen molar-refractivity contribution in [3.05, 3.63) is 56.0 Å². The normalized spacial score (nSPS) is 11.5. The van der Waals surface area contributed by atoms with Gasteiger partial charge in [-0.05, 0) is 31.0 Å². The Labute approximate surface area is 200 Å². The van der Waals surface area contributed by atoms with Crippen molar-refractivity contribution in [3.8, 4) is 0 Å². The molecule has 0 atom stereocenters. The fraction of sp³-hybridized carbons (Fsp3) is 0.391. The highest BCUT2D eigenvalue weighted by Crippen LogP contribution is 2.27. The number of nitrogens with zero attached hydrogens (tertiary/aromatic N) is 4. The molecule has 3 amide bonds. The third kappa shape index (κ3) is 5.04. The molecule has 0 bridgehead atoms. The molecule has 2 aromatic heterocycles. The van der Waals surface area contributed by atoms with Crippen LogP contribution < -0.4 is 21.9 Å². The Morgan fingerprint density at radius 1 is 1.06 bits per heavy atom. The van der Waals surface area contributed by atoms with Crippen molar-refractivity contribution in [2.24, 2.45) is 14.1 Å². The van der Waals surface area contributed by atoms with Gasteiger partial charge in [-0.2, -0.15) is 0 Å². The smallest absolute Gasteiger partial charge is 0.307 e. The molecule has 3 aromatic rings. The Kier molecular flexibility index (Phi) is 6.97. The number of fused-ring (bicyclic) bond motifs is 1. The Morgan fingerprint density at radius 2 is 1.74 bits per heavy atom. The van der Waals surface area contributed by atoms with E-state index in [4.69, 9.17) is 0 Å². The van der Waals surface area contributed by atoms with Crippen LogP contribution in [0.5, 0.6) is 0 Å². The zero-order valence-corrected chi connectivity index (χ0v) is 21.1. The minimum atomic E-state index is -0.652. The van der Waals surface area contributed by atoms with Gasteiger partial charge in [0, 0.05) is 25.2 Å². The van der Waals surface area contributed by atoms with Crippen LogP contribution in [0.3, 0.4) is 0 Å². The third-order valence-corrected chi connectivity index (χ3v) is 6.36. The van der Waals surface area contributed by atoms with Crippen molar-refractivity contribution in [1.82, 2.24) is 24.4 Å². The van der Waals surface area contributed by atoms with Gasteiger partial charge in [0.05, 0.1) is 5.75 Å². The number of aryl methyl sites for hydroxylation is 2. The van der Waals surface area contributed by atoms with Gasteiger partial charge in [0.2, 0.25) is 5.91 Å². The molecule has 34 heavy (non-hydrogen) atoms. The molecule has 0 aliphatic carbocycles. The fourth-order valence-electron chi connectivity index (χ4n) is 3.21. The molecule has 0 spiro atoms. The number of thioether (sulfide) groups is 1. The van der Waals surface area contributed by atoms with Gasteiger partial charge in [0.25, 0.3) is 5.56 Å². The van der Waals surface area contributed by atoms with Gasteiger partial charge in [-0.1, -0.05) is 44.7 Å². The van der Waals surface area contributed by atoms with Crippen LogP contribution in [-0.4, -0.2) is 36.8 Å². The third-order valence-electron chi connectivity index (χ3n) is 5.38. The highest BCUT2D eigenvalue weighted by atomic mass is 32.2. The minimum Gasteiger partial charge on any atom is -0.307 e. The van der Waals surface area contributed by atoms with Gasteiger partial charge in [-0.25, -0.2) is 19.6 Å². The molecular weight excluding hydrogens is 456 g/mol. The standard InChI is InChI=1S/C23H28N6O4S/c1-12-9-8-10-14(13(12)2)24-21(32)25-15(30)11-34-18-16-17(26-20(27-18)23(3,4)5)28(6)22(33)29(7)19(16)31/h8-10H,11H2,1-7H3,(H2,24,25,30,32). The molecule has 0 aliphatic rings. The molecule has 180 valence electrons. The lowest BCUT2D eigenvalue weighted by Gasteiger charge is -2.19. The van der Waals surface area contributed by atoms with Crippen LogP contribution in [0, 0.1) is 13.8 Å². The highest BCUT2D eigenvalue weighted by molar-refractivity contribution is 8.00. The number of hydrogen-bond donors (Lipinski definition) is 2. The van der Waals surface area contributed by atoms with Crippen LogP contribution in [0.2, 0.25) is 0 Å². The summed E-state index contributed by atoms with van der Waals surface area (Å²) < 4.78 is 2.26. The summed E-state index contributed by atoms with van der Waals surface area (Å²) in [4.78, 5) is 59.1. The first kappa shape index (κ1) is 25.2. The van der Waals surface area contributed by atoms with Crippen LogP contribution in [0.1, 0.15) is 37.7 Å². The van der Waals surface area contributed by atoms with Crippen LogP contribution in [0.4, 0.5) is 10.5 Å². The van der Waals surface area contributed by atoms with Crippen molar-refractivity contribution < 1.29 is 9.59 Å². The van der Waals surface area contributed by atoms with E-state index in [2.05, 4.69) is 20.6 Å². The first-order valence-electron chi connectivity index (χ1n) is 10.6. The Hall–Kier alpha value is -3.47. The summed E-state index contributed by atoms with van der Waals surface area (Å²) in [5, 5.41) is 5.39. The Bertz CT molecular complexity index is 1420. The topological polar surface area (TPSA) is 128 Å². The molecule has 2 heterocycles. The van der Waals surface area contributed by atoms with E-state index in [0.717, 1.165) is 27.5 Å². The number of urea groups is 1. The van der Waals surface area contributed by atoms with Gasteiger partial charge in [-0.3, -0.25) is 24.0 Å². The number of hydrogen-bond acceptors (Lipinski definition) is 7. The summed E-state index contributed by atoms with van der Waals surface area (Å²) in [6.07, 6.45) is 0. The lowest BCUT2D eigenvalue weighted by molar-refractivity contribution is -0.117. The number of anilines is 1. The molecule has 0 saturated carbocycles. The Morgan fingerprint density at radius 3 is 2.38 bits per heavy atom. The van der Waals surface area contributed by atoms with Crippen LogP contribution >= 0.6 is 11.8 Å². The van der Waals surface area contributed by atoms with Crippen molar-refractivity contribution in [2.45, 2.75) is 45.1 Å². The molecule has 3 rings (SSSR count). The molecule has 0 radical (unpaired) electrons. The molecule has 0 fully saturated rings. The number of nitrogens with one attached hydrogen (secondary N) is 2. The average molecular weight is 485 g/mol. The predicted octanol–water partition coefficient (Wildman–Crippen LogP) is 2.38. The van der Waals surface area contributed by atoms with Gasteiger partial charge >= 0.3 is 11.7 Å². The van der Waals surface area contributed by atoms with E-state index in [1.165, 1.54) is 18.7 Å². The van der Waals surface area contributed by atoms with Crippen molar-refractivity contribution in [2.75, 3.05) is 11.1 Å². The second-order valence-electron chi connectivity index (χ2n) is 9.05. The molecule has 0 saturated heterocycles. The summed E-state index contributed by atoms with van der Waals surface area (Å²) in [5.74, 6) is -0.292. The van der Waals surface area contributed by atoms with Crippen LogP contribution in [0.15, 0.2) is 32.8 Å². The lowest BCUT2D eigenvalue weighted by atomic mass is 9.96. The van der Waals surface area contributed by atoms with E-state index in [1.807, 2.05) is 46.8 Å². The quantitative estimate of drug-likeness (QED) is 0.430. The second-order valence-corrected chi connectivity index (χ2v) is 10.0. The molecule has 11 heteroatoms. The predicted molar refractivity (Wildman–Crippen MR) is 133 cm³/mol. The lowest BCUT2D eigenvalue weighted by Crippen LogP contribution is -2.38. The maximum atomic E-state index is 12.9. The monoisotopic (exact) mass is 484 g/mol. The number of aromatic nitrogens is 4. The summed E-state index contributed by atoms with van der Waals surface area (Å²) in [6.45, 7) is 9.53. The highest BCUT2D eigenvalue weighted by Gasteiger charge is 2.24. The van der Waals surface area contributed by atoms with Crippen LogP contribution in [0.25, 0.3) is 11.0 Å². The second kappa shape index (κ2) is 9.41. The molecule has 0 aliphatic heterocycles. The van der Waals surface area contributed by atoms with Crippen molar-refractivity contribution in [1.29, 1.82) is 0 Å². The number of rotatable bonds is 4.